The Bertz CT molecular complexity index is 1920. The molecular weight excluding hydrogens is 543 g/mol. The molecule has 6 aromatic carbocycles. The van der Waals surface area contributed by atoms with Gasteiger partial charge >= 0.3 is 0 Å². The number of hydrogen-bond donors (Lipinski definition) is 0. The number of anilines is 3. The SMILES string of the molecule is Cc1ccc2c(c1)S(c1ccccc1)(c1ccccc1)c1cc(C)ccc1N2c1ccc(C)c(Oc2cccc3c2C3)c1. The second-order valence-electron chi connectivity index (χ2n) is 11.6. The molecule has 43 heavy (non-hydrogen) atoms. The zero-order valence-electron chi connectivity index (χ0n) is 24.7. The van der Waals surface area contributed by atoms with Crippen LogP contribution in [0.1, 0.15) is 27.8 Å². The lowest BCUT2D eigenvalue weighted by atomic mass is 10.1. The van der Waals surface area contributed by atoms with E-state index in [2.05, 4.69) is 159 Å². The highest BCUT2D eigenvalue weighted by Crippen LogP contribution is 2.79. The average molecular weight is 576 g/mol. The first-order valence-corrected chi connectivity index (χ1v) is 16.5. The number of benzene rings is 6. The normalized spacial score (nSPS) is 14.7. The molecule has 0 fully saturated rings. The topological polar surface area (TPSA) is 12.5 Å². The van der Waals surface area contributed by atoms with Crippen LogP contribution in [0.15, 0.2) is 153 Å². The molecule has 1 aliphatic carbocycles. The number of nitrogens with zero attached hydrogens (tertiary/aromatic N) is 1. The van der Waals surface area contributed by atoms with Gasteiger partial charge in [0, 0.05) is 43.3 Å². The van der Waals surface area contributed by atoms with Crippen molar-refractivity contribution in [1.29, 1.82) is 0 Å². The van der Waals surface area contributed by atoms with Crippen molar-refractivity contribution in [3.05, 3.63) is 161 Å². The summed E-state index contributed by atoms with van der Waals surface area (Å²) in [6.07, 6.45) is 1.02. The van der Waals surface area contributed by atoms with Gasteiger partial charge < -0.3 is 9.64 Å². The first-order valence-electron chi connectivity index (χ1n) is 14.9. The Labute approximate surface area is 255 Å². The van der Waals surface area contributed by atoms with E-state index < -0.39 is 10.0 Å². The fourth-order valence-electron chi connectivity index (χ4n) is 6.48. The molecule has 6 aromatic rings. The maximum absolute atomic E-state index is 6.60. The third kappa shape index (κ3) is 4.11. The van der Waals surface area contributed by atoms with Gasteiger partial charge in [0.1, 0.15) is 11.5 Å². The summed E-state index contributed by atoms with van der Waals surface area (Å²) in [5.41, 5.74) is 9.89. The largest absolute Gasteiger partial charge is 0.457 e. The number of hydrogen-bond acceptors (Lipinski definition) is 2. The summed E-state index contributed by atoms with van der Waals surface area (Å²) in [6, 6.07) is 49.3. The molecule has 0 atom stereocenters. The maximum Gasteiger partial charge on any atom is 0.132 e. The van der Waals surface area contributed by atoms with Crippen molar-refractivity contribution in [3.8, 4) is 11.5 Å². The number of fused-ring (bicyclic) bond motifs is 3. The van der Waals surface area contributed by atoms with Crippen LogP contribution in [-0.4, -0.2) is 0 Å². The van der Waals surface area contributed by atoms with Crippen LogP contribution in [0.2, 0.25) is 0 Å². The lowest BCUT2D eigenvalue weighted by Crippen LogP contribution is -2.22. The van der Waals surface area contributed by atoms with Crippen molar-refractivity contribution in [3.63, 3.8) is 0 Å². The van der Waals surface area contributed by atoms with Crippen molar-refractivity contribution < 1.29 is 4.74 Å². The van der Waals surface area contributed by atoms with Crippen LogP contribution < -0.4 is 9.64 Å². The van der Waals surface area contributed by atoms with Gasteiger partial charge in [-0.15, -0.1) is 10.0 Å². The van der Waals surface area contributed by atoms with Crippen molar-refractivity contribution in [2.24, 2.45) is 0 Å². The molecule has 3 heteroatoms. The van der Waals surface area contributed by atoms with Crippen LogP contribution in [0.4, 0.5) is 17.1 Å². The molecule has 1 heterocycles. The lowest BCUT2D eigenvalue weighted by molar-refractivity contribution is 0.478. The summed E-state index contributed by atoms with van der Waals surface area (Å²) in [4.78, 5) is 7.86. The van der Waals surface area contributed by atoms with E-state index in [-0.39, 0.29) is 0 Å². The molecule has 0 saturated carbocycles. The summed E-state index contributed by atoms with van der Waals surface area (Å²) in [7, 11) is -1.80. The van der Waals surface area contributed by atoms with Crippen LogP contribution in [-0.2, 0) is 6.42 Å². The molecule has 8 rings (SSSR count). The average Bonchev–Trinajstić information content (AvgIpc) is 3.83. The fraction of sp³-hybridized carbons (Fsp3) is 0.100. The zero-order chi connectivity index (χ0) is 29.1. The predicted octanol–water partition coefficient (Wildman–Crippen LogP) is 11.4. The second-order valence-corrected chi connectivity index (χ2v) is 14.7. The van der Waals surface area contributed by atoms with Crippen LogP contribution in [0.5, 0.6) is 11.5 Å². The highest BCUT2D eigenvalue weighted by Gasteiger charge is 2.43. The van der Waals surface area contributed by atoms with Gasteiger partial charge in [-0.25, -0.2) is 0 Å². The van der Waals surface area contributed by atoms with E-state index in [0.29, 0.717) is 0 Å². The second kappa shape index (κ2) is 9.93. The van der Waals surface area contributed by atoms with E-state index in [1.807, 2.05) is 0 Å². The van der Waals surface area contributed by atoms with Crippen molar-refractivity contribution in [1.82, 2.24) is 0 Å². The van der Waals surface area contributed by atoms with Crippen LogP contribution >= 0.6 is 10.0 Å². The van der Waals surface area contributed by atoms with Crippen molar-refractivity contribution in [2.75, 3.05) is 4.90 Å². The van der Waals surface area contributed by atoms with Gasteiger partial charge in [-0.05, 0) is 104 Å². The summed E-state index contributed by atoms with van der Waals surface area (Å²) in [5, 5.41) is 0. The number of rotatable bonds is 5. The third-order valence-corrected chi connectivity index (χ3v) is 12.6. The van der Waals surface area contributed by atoms with E-state index in [4.69, 9.17) is 4.74 Å². The van der Waals surface area contributed by atoms with Gasteiger partial charge in [0.05, 0.1) is 11.4 Å². The summed E-state index contributed by atoms with van der Waals surface area (Å²) >= 11 is 0. The first kappa shape index (κ1) is 25.9. The highest BCUT2D eigenvalue weighted by atomic mass is 32.3. The molecule has 2 aliphatic rings. The summed E-state index contributed by atoms with van der Waals surface area (Å²) < 4.78 is 6.60. The van der Waals surface area contributed by atoms with E-state index in [9.17, 15) is 0 Å². The van der Waals surface area contributed by atoms with Crippen LogP contribution in [0, 0.1) is 20.8 Å². The minimum Gasteiger partial charge on any atom is -0.457 e. The fourth-order valence-corrected chi connectivity index (χ4v) is 10.8. The molecule has 210 valence electrons. The Morgan fingerprint density at radius 2 is 1.16 bits per heavy atom. The van der Waals surface area contributed by atoms with Gasteiger partial charge in [0.15, 0.2) is 0 Å². The molecule has 2 nitrogen and oxygen atoms in total. The van der Waals surface area contributed by atoms with E-state index >= 15 is 0 Å². The minimum absolute atomic E-state index is 0.899. The zero-order valence-corrected chi connectivity index (χ0v) is 25.5. The lowest BCUT2D eigenvalue weighted by Gasteiger charge is -2.50. The molecular formula is C40H33NOS. The minimum atomic E-state index is -1.80. The molecule has 0 radical (unpaired) electrons. The Balaban J connectivity index is 1.40. The van der Waals surface area contributed by atoms with Gasteiger partial charge in [-0.3, -0.25) is 0 Å². The molecule has 0 saturated heterocycles. The standard InChI is InChI=1S/C40H33NOS/c1-27-17-21-35-39(23-27)43(32-12-6-4-7-13-32,33-14-8-5-9-15-33)40-24-28(2)18-22-36(40)41(35)31-20-19-29(3)38(26-31)42-37-16-10-11-30-25-34(30)37/h4-24,26H,25H2,1-3H3. The molecule has 0 spiro atoms. The summed E-state index contributed by atoms with van der Waals surface area (Å²) in [5.74, 6) is 1.87. The molecule has 0 bridgehead atoms. The van der Waals surface area contributed by atoms with Crippen LogP contribution in [0.3, 0.4) is 0 Å². The Hall–Kier alpha value is -4.73. The Morgan fingerprint density at radius 1 is 0.558 bits per heavy atom. The third-order valence-electron chi connectivity index (χ3n) is 8.69. The van der Waals surface area contributed by atoms with Gasteiger partial charge in [0.25, 0.3) is 0 Å². The first-order chi connectivity index (χ1) is 21.0. The molecule has 0 aromatic heterocycles. The summed E-state index contributed by atoms with van der Waals surface area (Å²) in [6.45, 7) is 6.55. The van der Waals surface area contributed by atoms with Crippen LogP contribution in [0.25, 0.3) is 0 Å². The van der Waals surface area contributed by atoms with E-state index in [1.54, 1.807) is 0 Å². The monoisotopic (exact) mass is 575 g/mol. The Kier molecular flexibility index (Phi) is 5.99. The maximum atomic E-state index is 6.60. The van der Waals surface area contributed by atoms with Gasteiger partial charge in [0.2, 0.25) is 0 Å². The van der Waals surface area contributed by atoms with Gasteiger partial charge in [-0.1, -0.05) is 66.7 Å². The van der Waals surface area contributed by atoms with E-state index in [0.717, 1.165) is 29.2 Å². The van der Waals surface area contributed by atoms with Gasteiger partial charge in [-0.2, -0.15) is 0 Å². The predicted molar refractivity (Wildman–Crippen MR) is 178 cm³/mol. The number of ether oxygens (including phenoxy) is 1. The van der Waals surface area contributed by atoms with Crippen molar-refractivity contribution >= 4 is 27.1 Å². The Morgan fingerprint density at radius 3 is 1.77 bits per heavy atom. The molecule has 0 unspecified atom stereocenters. The number of aryl methyl sites for hydroxylation is 3. The quantitative estimate of drug-likeness (QED) is 0.202. The van der Waals surface area contributed by atoms with Crippen molar-refractivity contribution in [2.45, 2.75) is 46.8 Å². The van der Waals surface area contributed by atoms with E-state index in [1.165, 1.54) is 53.2 Å². The molecule has 1 aliphatic heterocycles. The molecule has 0 amide bonds. The highest BCUT2D eigenvalue weighted by molar-refractivity contribution is 8.34. The molecule has 0 N–H and O–H groups in total. The smallest absolute Gasteiger partial charge is 0.132 e.